The molecule has 1 saturated heterocycles. The van der Waals surface area contributed by atoms with Gasteiger partial charge in [0.15, 0.2) is 0 Å². The predicted molar refractivity (Wildman–Crippen MR) is 123 cm³/mol. The third kappa shape index (κ3) is 2.07. The number of ether oxygens (including phenoxy) is 1. The third-order valence-corrected chi connectivity index (χ3v) is 9.00. The van der Waals surface area contributed by atoms with Crippen molar-refractivity contribution in [2.24, 2.45) is 17.8 Å². The van der Waals surface area contributed by atoms with Crippen LogP contribution in [0.25, 0.3) is 21.9 Å². The molecular formula is C28H23NO3. The summed E-state index contributed by atoms with van der Waals surface area (Å²) in [7, 11) is 0. The lowest BCUT2D eigenvalue weighted by Gasteiger charge is -2.29. The molecule has 3 aromatic rings. The summed E-state index contributed by atoms with van der Waals surface area (Å²) in [6.45, 7) is 0. The number of nitro benzene ring substituents is 1. The van der Waals surface area contributed by atoms with Gasteiger partial charge < -0.3 is 4.74 Å². The molecule has 2 bridgehead atoms. The van der Waals surface area contributed by atoms with Gasteiger partial charge in [-0.15, -0.1) is 0 Å². The Balaban J connectivity index is 1.44. The standard InChI is InChI=1S/C28H23NO3/c30-29(31)16-10-11-18-20(12-16)25-21-13-22(28-27(21)32-28)26(25)24(18)19-7-3-5-15-9-8-14-4-1-2-6-17(14)23(15)19/h1-2,4,6,8-12,21-22,25-28H,3,5,7,13H2/b24-19+/t21-,22+,25?,26?,27-,28+/m1/s1. The molecular weight excluding hydrogens is 398 g/mol. The molecule has 0 N–H and O–H groups in total. The Labute approximate surface area is 186 Å². The second kappa shape index (κ2) is 5.87. The number of non-ortho nitro benzene ring substituents is 1. The number of nitrogens with zero attached hydrogens (tertiary/aromatic N) is 1. The fourth-order valence-electron chi connectivity index (χ4n) is 7.92. The van der Waals surface area contributed by atoms with E-state index in [-0.39, 0.29) is 10.6 Å². The lowest BCUT2D eigenvalue weighted by Crippen LogP contribution is -2.23. The van der Waals surface area contributed by atoms with Gasteiger partial charge in [-0.3, -0.25) is 10.1 Å². The highest BCUT2D eigenvalue weighted by Gasteiger charge is 2.70. The van der Waals surface area contributed by atoms with Gasteiger partial charge in [-0.05, 0) is 99.6 Å². The molecule has 1 aliphatic heterocycles. The highest BCUT2D eigenvalue weighted by Crippen LogP contribution is 2.71. The Morgan fingerprint density at radius 2 is 1.78 bits per heavy atom. The maximum Gasteiger partial charge on any atom is 0.269 e. The number of epoxide rings is 1. The molecule has 8 rings (SSSR count). The van der Waals surface area contributed by atoms with Crippen molar-refractivity contribution in [1.82, 2.24) is 0 Å². The summed E-state index contributed by atoms with van der Waals surface area (Å²) in [5.74, 6) is 1.90. The minimum absolute atomic E-state index is 0.222. The monoisotopic (exact) mass is 421 g/mol. The van der Waals surface area contributed by atoms with Gasteiger partial charge in [-0.2, -0.15) is 0 Å². The Bertz CT molecular complexity index is 1390. The van der Waals surface area contributed by atoms with Gasteiger partial charge in [0.2, 0.25) is 0 Å². The fourth-order valence-corrected chi connectivity index (χ4v) is 7.92. The van der Waals surface area contributed by atoms with Crippen LogP contribution in [-0.4, -0.2) is 17.1 Å². The van der Waals surface area contributed by atoms with Crippen LogP contribution in [-0.2, 0) is 11.2 Å². The van der Waals surface area contributed by atoms with E-state index < -0.39 is 0 Å². The third-order valence-electron chi connectivity index (χ3n) is 9.00. The van der Waals surface area contributed by atoms with Crippen molar-refractivity contribution in [2.75, 3.05) is 0 Å². The van der Waals surface area contributed by atoms with E-state index in [2.05, 4.69) is 42.5 Å². The van der Waals surface area contributed by atoms with Crippen molar-refractivity contribution in [3.63, 3.8) is 0 Å². The number of hydrogen-bond acceptors (Lipinski definition) is 3. The summed E-state index contributed by atoms with van der Waals surface area (Å²) in [5.41, 5.74) is 8.57. The van der Waals surface area contributed by atoms with Crippen LogP contribution in [0.1, 0.15) is 47.4 Å². The summed E-state index contributed by atoms with van der Waals surface area (Å²) in [6.07, 6.45) is 5.39. The molecule has 6 atom stereocenters. The first-order valence-electron chi connectivity index (χ1n) is 11.9. The molecule has 1 heterocycles. The van der Waals surface area contributed by atoms with Gasteiger partial charge in [-0.25, -0.2) is 0 Å². The van der Waals surface area contributed by atoms with Crippen molar-refractivity contribution in [2.45, 2.75) is 43.8 Å². The Morgan fingerprint density at radius 3 is 2.66 bits per heavy atom. The summed E-state index contributed by atoms with van der Waals surface area (Å²) in [6, 6.07) is 19.0. The maximum atomic E-state index is 11.6. The summed E-state index contributed by atoms with van der Waals surface area (Å²) >= 11 is 0. The Kier molecular flexibility index (Phi) is 3.22. The molecule has 2 saturated carbocycles. The molecule has 32 heavy (non-hydrogen) atoms. The number of hydrogen-bond donors (Lipinski definition) is 0. The fraction of sp³-hybridized carbons (Fsp3) is 0.357. The molecule has 158 valence electrons. The Morgan fingerprint density at radius 1 is 0.938 bits per heavy atom. The lowest BCUT2D eigenvalue weighted by atomic mass is 9.74. The highest BCUT2D eigenvalue weighted by molar-refractivity contribution is 6.05. The molecule has 2 unspecified atom stereocenters. The van der Waals surface area contributed by atoms with Crippen molar-refractivity contribution in [3.05, 3.63) is 87.0 Å². The molecule has 5 aliphatic rings. The van der Waals surface area contributed by atoms with E-state index in [1.165, 1.54) is 57.0 Å². The Hall–Kier alpha value is -2.98. The first-order valence-corrected chi connectivity index (χ1v) is 11.9. The van der Waals surface area contributed by atoms with Crippen LogP contribution in [0.3, 0.4) is 0 Å². The topological polar surface area (TPSA) is 55.7 Å². The second-order valence-corrected chi connectivity index (χ2v) is 10.3. The van der Waals surface area contributed by atoms with E-state index in [4.69, 9.17) is 4.74 Å². The zero-order valence-corrected chi connectivity index (χ0v) is 17.7. The second-order valence-electron chi connectivity index (χ2n) is 10.3. The number of benzene rings is 3. The smallest absolute Gasteiger partial charge is 0.269 e. The number of nitro groups is 1. The number of rotatable bonds is 1. The number of allylic oxidation sites excluding steroid dienone is 2. The zero-order chi connectivity index (χ0) is 21.1. The molecule has 4 nitrogen and oxygen atoms in total. The SMILES string of the molecule is O=[N+]([O-])c1ccc2c(c1)C1C(/C2=C2\CCCc3ccc4ccccc4c32)[C@@H]2C[C@H]1[C@H]1O[C@H]12. The van der Waals surface area contributed by atoms with Crippen LogP contribution in [0.5, 0.6) is 0 Å². The van der Waals surface area contributed by atoms with E-state index in [1.54, 1.807) is 6.07 Å². The van der Waals surface area contributed by atoms with Gasteiger partial charge in [-0.1, -0.05) is 36.4 Å². The van der Waals surface area contributed by atoms with Gasteiger partial charge in [0.1, 0.15) is 0 Å². The van der Waals surface area contributed by atoms with Gasteiger partial charge in [0.05, 0.1) is 17.1 Å². The van der Waals surface area contributed by atoms with Crippen LogP contribution in [0, 0.1) is 27.9 Å². The van der Waals surface area contributed by atoms with Gasteiger partial charge in [0, 0.05) is 12.1 Å². The van der Waals surface area contributed by atoms with Crippen molar-refractivity contribution in [1.29, 1.82) is 0 Å². The number of aryl methyl sites for hydroxylation is 1. The molecule has 0 radical (unpaired) electrons. The quantitative estimate of drug-likeness (QED) is 0.270. The number of fused-ring (bicyclic) bond motifs is 13. The van der Waals surface area contributed by atoms with E-state index >= 15 is 0 Å². The van der Waals surface area contributed by atoms with Crippen LogP contribution in [0.4, 0.5) is 5.69 Å². The van der Waals surface area contributed by atoms with Crippen LogP contribution < -0.4 is 0 Å². The molecule has 0 aromatic heterocycles. The van der Waals surface area contributed by atoms with Crippen LogP contribution in [0.15, 0.2) is 54.6 Å². The van der Waals surface area contributed by atoms with E-state index in [9.17, 15) is 10.1 Å². The zero-order valence-electron chi connectivity index (χ0n) is 17.7. The van der Waals surface area contributed by atoms with Crippen molar-refractivity contribution in [3.8, 4) is 0 Å². The molecule has 4 heteroatoms. The van der Waals surface area contributed by atoms with Crippen molar-refractivity contribution >= 4 is 27.6 Å². The van der Waals surface area contributed by atoms with E-state index in [0.717, 1.165) is 12.8 Å². The first-order chi connectivity index (χ1) is 15.7. The minimum Gasteiger partial charge on any atom is -0.369 e. The predicted octanol–water partition coefficient (Wildman–Crippen LogP) is 6.13. The van der Waals surface area contributed by atoms with E-state index in [0.29, 0.717) is 35.9 Å². The molecule has 3 fully saturated rings. The molecule has 4 aliphatic carbocycles. The maximum absolute atomic E-state index is 11.6. The summed E-state index contributed by atoms with van der Waals surface area (Å²) in [5, 5.41) is 14.2. The first kappa shape index (κ1) is 17.6. The highest BCUT2D eigenvalue weighted by atomic mass is 16.6. The molecule has 0 spiro atoms. The van der Waals surface area contributed by atoms with Gasteiger partial charge >= 0.3 is 0 Å². The average Bonchev–Trinajstić information content (AvgIpc) is 3.28. The van der Waals surface area contributed by atoms with Crippen LogP contribution in [0.2, 0.25) is 0 Å². The summed E-state index contributed by atoms with van der Waals surface area (Å²) in [4.78, 5) is 11.3. The molecule has 3 aromatic carbocycles. The van der Waals surface area contributed by atoms with E-state index in [1.807, 2.05) is 6.07 Å². The normalized spacial score (nSPS) is 35.4. The average molecular weight is 421 g/mol. The van der Waals surface area contributed by atoms with Gasteiger partial charge in [0.25, 0.3) is 5.69 Å². The molecule has 0 amide bonds. The van der Waals surface area contributed by atoms with Crippen LogP contribution >= 0.6 is 0 Å². The summed E-state index contributed by atoms with van der Waals surface area (Å²) < 4.78 is 6.09. The van der Waals surface area contributed by atoms with Crippen molar-refractivity contribution < 1.29 is 9.66 Å². The lowest BCUT2D eigenvalue weighted by molar-refractivity contribution is -0.384. The largest absolute Gasteiger partial charge is 0.369 e. The minimum atomic E-state index is -0.243.